The molecule has 0 fully saturated rings. The van der Waals surface area contributed by atoms with Gasteiger partial charge >= 0.3 is 0 Å². The highest BCUT2D eigenvalue weighted by Crippen LogP contribution is 2.64. The van der Waals surface area contributed by atoms with Crippen molar-refractivity contribution in [3.8, 4) is 66.8 Å². The monoisotopic (exact) mass is 1130 g/mol. The number of hydrogen-bond donors (Lipinski definition) is 0. The molecular formula is C86H57NSi. The molecule has 0 aromatic heterocycles. The first kappa shape index (κ1) is 50.4. The predicted octanol–water partition coefficient (Wildman–Crippen LogP) is 18.6. The molecule has 0 unspecified atom stereocenters. The minimum atomic E-state index is -2.79. The Hall–Kier alpha value is -10.9. The lowest BCUT2D eigenvalue weighted by Gasteiger charge is -2.35. The van der Waals surface area contributed by atoms with E-state index >= 15 is 0 Å². The molecule has 410 valence electrons. The molecule has 3 aliphatic carbocycles. The van der Waals surface area contributed by atoms with Crippen LogP contribution in [-0.4, -0.2) is 8.07 Å². The van der Waals surface area contributed by atoms with E-state index < -0.39 is 18.9 Å². The predicted molar refractivity (Wildman–Crippen MR) is 368 cm³/mol. The number of benzene rings is 14. The summed E-state index contributed by atoms with van der Waals surface area (Å²) in [5.41, 5.74) is 27.6. The lowest BCUT2D eigenvalue weighted by atomic mass is 9.67. The average Bonchev–Trinajstić information content (AvgIpc) is 1.57. The molecule has 1 nitrogen and oxygen atoms in total. The minimum Gasteiger partial charge on any atom is -0.310 e. The fourth-order valence-electron chi connectivity index (χ4n) is 16.7. The maximum absolute atomic E-state index is 2.79. The van der Waals surface area contributed by atoms with E-state index in [9.17, 15) is 0 Å². The van der Waals surface area contributed by atoms with Crippen molar-refractivity contribution in [1.29, 1.82) is 0 Å². The van der Waals surface area contributed by atoms with Gasteiger partial charge < -0.3 is 4.90 Å². The Morgan fingerprint density at radius 3 is 1.14 bits per heavy atom. The highest BCUT2D eigenvalue weighted by molar-refractivity contribution is 7.22. The molecule has 0 radical (unpaired) electrons. The van der Waals surface area contributed by atoms with Gasteiger partial charge in [-0.3, -0.25) is 0 Å². The maximum Gasteiger partial charge on any atom is 0.180 e. The van der Waals surface area contributed by atoms with Gasteiger partial charge in [-0.25, -0.2) is 0 Å². The molecule has 1 aliphatic heterocycles. The average molecular weight is 1130 g/mol. The Labute approximate surface area is 515 Å². The molecule has 1 spiro atoms. The molecule has 0 atom stereocenters. The van der Waals surface area contributed by atoms with Crippen LogP contribution in [0.3, 0.4) is 0 Å². The highest BCUT2D eigenvalue weighted by Gasteiger charge is 2.53. The van der Waals surface area contributed by atoms with Crippen molar-refractivity contribution in [2.45, 2.75) is 10.8 Å². The fourth-order valence-corrected chi connectivity index (χ4v) is 21.9. The van der Waals surface area contributed by atoms with Gasteiger partial charge in [0.15, 0.2) is 8.07 Å². The van der Waals surface area contributed by atoms with Gasteiger partial charge in [-0.1, -0.05) is 309 Å². The zero-order valence-corrected chi connectivity index (χ0v) is 49.4. The molecule has 0 saturated heterocycles. The van der Waals surface area contributed by atoms with Crippen LogP contribution < -0.4 is 25.6 Å². The highest BCUT2D eigenvalue weighted by atomic mass is 28.3. The second-order valence-corrected chi connectivity index (χ2v) is 27.8. The number of anilines is 3. The summed E-state index contributed by atoms with van der Waals surface area (Å²) in [5, 5.41) is 5.66. The Balaban J connectivity index is 0.885. The first-order valence-corrected chi connectivity index (χ1v) is 32.8. The summed E-state index contributed by atoms with van der Waals surface area (Å²) in [6.07, 6.45) is 0. The zero-order valence-electron chi connectivity index (χ0n) is 48.4. The van der Waals surface area contributed by atoms with Crippen molar-refractivity contribution < 1.29 is 0 Å². The lowest BCUT2D eigenvalue weighted by Crippen LogP contribution is -2.72. The normalized spacial score (nSPS) is 14.2. The third kappa shape index (κ3) is 6.92. The maximum atomic E-state index is 2.55. The van der Waals surface area contributed by atoms with Gasteiger partial charge in [0.25, 0.3) is 0 Å². The summed E-state index contributed by atoms with van der Waals surface area (Å²) >= 11 is 0. The van der Waals surface area contributed by atoms with Gasteiger partial charge in [-0.05, 0) is 168 Å². The molecule has 14 aromatic rings. The lowest BCUT2D eigenvalue weighted by molar-refractivity contribution is 0.768. The topological polar surface area (TPSA) is 3.24 Å². The van der Waals surface area contributed by atoms with Crippen LogP contribution >= 0.6 is 0 Å². The van der Waals surface area contributed by atoms with Gasteiger partial charge in [0, 0.05) is 17.1 Å². The first-order valence-electron chi connectivity index (χ1n) is 30.8. The van der Waals surface area contributed by atoms with Crippen molar-refractivity contribution in [2.75, 3.05) is 4.90 Å². The second-order valence-electron chi connectivity index (χ2n) is 24.1. The van der Waals surface area contributed by atoms with Crippen LogP contribution in [0.5, 0.6) is 0 Å². The summed E-state index contributed by atoms with van der Waals surface area (Å²) in [5.74, 6) is 0. The van der Waals surface area contributed by atoms with Crippen LogP contribution in [0.4, 0.5) is 17.1 Å². The zero-order chi connectivity index (χ0) is 58.0. The molecule has 18 rings (SSSR count). The molecule has 88 heavy (non-hydrogen) atoms. The summed E-state index contributed by atoms with van der Waals surface area (Å²) in [4.78, 5) is 2.55. The molecule has 0 amide bonds. The second kappa shape index (κ2) is 19.6. The SMILES string of the molecule is c1ccc(-c2cc(N(c3ccc4c(c3)-c3ccccc3C43c4ccccc4-c4ccccc43)c3ccc4c(c3)C(c3ccccc3)(c3ccccc3)c3ccccc3-4)ccc2-c2cccc([Si]3(c4ccccc4)c4ccccc4-c4ccccc43)c2)cc1. The van der Waals surface area contributed by atoms with Crippen molar-refractivity contribution in [3.63, 3.8) is 0 Å². The van der Waals surface area contributed by atoms with Gasteiger partial charge in [-0.2, -0.15) is 0 Å². The van der Waals surface area contributed by atoms with Gasteiger partial charge in [-0.15, -0.1) is 0 Å². The van der Waals surface area contributed by atoms with E-state index in [1.54, 1.807) is 0 Å². The van der Waals surface area contributed by atoms with Crippen molar-refractivity contribution in [1.82, 2.24) is 0 Å². The summed E-state index contributed by atoms with van der Waals surface area (Å²) in [6.45, 7) is 0. The Morgan fingerprint density at radius 1 is 0.205 bits per heavy atom. The fraction of sp³-hybridized carbons (Fsp3) is 0.0233. The van der Waals surface area contributed by atoms with E-state index in [4.69, 9.17) is 0 Å². The van der Waals surface area contributed by atoms with E-state index in [1.807, 2.05) is 0 Å². The van der Waals surface area contributed by atoms with Crippen LogP contribution in [0.15, 0.2) is 346 Å². The van der Waals surface area contributed by atoms with Gasteiger partial charge in [0.1, 0.15) is 0 Å². The number of nitrogens with zero attached hydrogens (tertiary/aromatic N) is 1. The Morgan fingerprint density at radius 2 is 0.580 bits per heavy atom. The number of rotatable bonds is 9. The summed E-state index contributed by atoms with van der Waals surface area (Å²) in [6, 6.07) is 131. The number of fused-ring (bicyclic) bond motifs is 16. The molecule has 4 aliphatic rings. The van der Waals surface area contributed by atoms with Gasteiger partial charge in [0.05, 0.1) is 10.8 Å². The van der Waals surface area contributed by atoms with Crippen LogP contribution in [-0.2, 0) is 10.8 Å². The van der Waals surface area contributed by atoms with E-state index in [-0.39, 0.29) is 0 Å². The molecule has 14 aromatic carbocycles. The third-order valence-corrected chi connectivity index (χ3v) is 24.9. The molecule has 2 heteroatoms. The number of hydrogen-bond acceptors (Lipinski definition) is 1. The van der Waals surface area contributed by atoms with Crippen LogP contribution in [0.2, 0.25) is 0 Å². The van der Waals surface area contributed by atoms with E-state index in [2.05, 4.69) is 351 Å². The smallest absolute Gasteiger partial charge is 0.180 e. The first-order chi connectivity index (χ1) is 43.7. The van der Waals surface area contributed by atoms with Crippen molar-refractivity contribution >= 4 is 45.9 Å². The van der Waals surface area contributed by atoms with Crippen LogP contribution in [0, 0.1) is 0 Å². The Kier molecular flexibility index (Phi) is 11.2. The molecule has 0 bridgehead atoms. The van der Waals surface area contributed by atoms with Gasteiger partial charge in [0.2, 0.25) is 0 Å². The van der Waals surface area contributed by atoms with Crippen molar-refractivity contribution in [2.24, 2.45) is 0 Å². The minimum absolute atomic E-state index is 0.464. The summed E-state index contributed by atoms with van der Waals surface area (Å²) < 4.78 is 0. The molecule has 1 heterocycles. The molecule has 0 saturated carbocycles. The van der Waals surface area contributed by atoms with Crippen molar-refractivity contribution in [3.05, 3.63) is 390 Å². The van der Waals surface area contributed by atoms with Crippen LogP contribution in [0.25, 0.3) is 66.8 Å². The van der Waals surface area contributed by atoms with E-state index in [1.165, 1.54) is 126 Å². The summed E-state index contributed by atoms with van der Waals surface area (Å²) in [7, 11) is -2.79. The Bertz CT molecular complexity index is 4970. The van der Waals surface area contributed by atoms with E-state index in [0.717, 1.165) is 22.6 Å². The largest absolute Gasteiger partial charge is 0.310 e. The molecular weight excluding hydrogens is 1080 g/mol. The standard InChI is InChI=1S/C86H57NSi/c1-5-26-58(27-6-1)75-55-62(48-51-67(75)59-28-25-35-66(54-59)88(65-33-11-4-12-34-65)83-46-23-17-40-73(83)74-41-18-24-47-84(74)88)87(64-49-52-72-70-38-13-19-42-77(70)85(82(72)57-64,60-29-7-2-8-30-60)61-31-9-3-10-32-61)63-50-53-81-76(56-63)71-39-16-22-45-80(71)86(81)78-43-20-14-36-68(78)69-37-15-21-44-79(69)86/h1-57H. The van der Waals surface area contributed by atoms with E-state index in [0.29, 0.717) is 0 Å². The van der Waals surface area contributed by atoms with Crippen LogP contribution in [0.1, 0.15) is 44.5 Å². The quantitative estimate of drug-likeness (QED) is 0.130. The molecule has 0 N–H and O–H groups in total. The third-order valence-electron chi connectivity index (χ3n) is 20.1.